The van der Waals surface area contributed by atoms with Crippen LogP contribution in [-0.4, -0.2) is 18.2 Å². The SMILES string of the molecule is Cc1cccc(CC(O)(c2ccccc2)c2ccc(N3CCCCC3)cc2)c1. The largest absolute Gasteiger partial charge is 0.380 e. The molecule has 1 aliphatic rings. The van der Waals surface area contributed by atoms with E-state index in [9.17, 15) is 5.11 Å². The molecule has 1 aliphatic heterocycles. The lowest BCUT2D eigenvalue weighted by atomic mass is 9.81. The molecule has 0 aliphatic carbocycles. The second kappa shape index (κ2) is 8.20. The first-order valence-corrected chi connectivity index (χ1v) is 10.3. The minimum atomic E-state index is -1.05. The lowest BCUT2D eigenvalue weighted by Crippen LogP contribution is -2.31. The van der Waals surface area contributed by atoms with Crippen molar-refractivity contribution in [1.82, 2.24) is 0 Å². The highest BCUT2D eigenvalue weighted by atomic mass is 16.3. The average molecular weight is 372 g/mol. The van der Waals surface area contributed by atoms with Gasteiger partial charge in [0, 0.05) is 25.2 Å². The van der Waals surface area contributed by atoms with Crippen molar-refractivity contribution in [1.29, 1.82) is 0 Å². The van der Waals surface area contributed by atoms with Gasteiger partial charge in [0.1, 0.15) is 5.60 Å². The average Bonchev–Trinajstić information content (AvgIpc) is 2.75. The lowest BCUT2D eigenvalue weighted by molar-refractivity contribution is 0.0811. The van der Waals surface area contributed by atoms with Crippen molar-refractivity contribution in [2.45, 2.75) is 38.2 Å². The minimum Gasteiger partial charge on any atom is -0.380 e. The van der Waals surface area contributed by atoms with Crippen molar-refractivity contribution in [3.05, 3.63) is 101 Å². The number of hydrogen-bond acceptors (Lipinski definition) is 2. The van der Waals surface area contributed by atoms with Gasteiger partial charge in [-0.05, 0) is 55.0 Å². The summed E-state index contributed by atoms with van der Waals surface area (Å²) in [5.41, 5.74) is 4.45. The molecule has 1 heterocycles. The highest BCUT2D eigenvalue weighted by Crippen LogP contribution is 2.34. The molecule has 1 unspecified atom stereocenters. The van der Waals surface area contributed by atoms with Gasteiger partial charge in [-0.3, -0.25) is 0 Å². The Balaban J connectivity index is 1.69. The van der Waals surface area contributed by atoms with Crippen LogP contribution < -0.4 is 4.90 Å². The first kappa shape index (κ1) is 18.8. The van der Waals surface area contributed by atoms with E-state index in [2.05, 4.69) is 60.4 Å². The van der Waals surface area contributed by atoms with Gasteiger partial charge in [0.05, 0.1) is 0 Å². The van der Waals surface area contributed by atoms with Crippen molar-refractivity contribution in [3.63, 3.8) is 0 Å². The Morgan fingerprint density at radius 1 is 0.786 bits per heavy atom. The van der Waals surface area contributed by atoms with Crippen LogP contribution in [0.3, 0.4) is 0 Å². The molecule has 0 radical (unpaired) electrons. The maximum Gasteiger partial charge on any atom is 0.119 e. The zero-order valence-electron chi connectivity index (χ0n) is 16.6. The van der Waals surface area contributed by atoms with Gasteiger partial charge in [0.25, 0.3) is 0 Å². The summed E-state index contributed by atoms with van der Waals surface area (Å²) in [4.78, 5) is 2.45. The first-order chi connectivity index (χ1) is 13.6. The molecule has 0 amide bonds. The van der Waals surface area contributed by atoms with Gasteiger partial charge in [-0.25, -0.2) is 0 Å². The van der Waals surface area contributed by atoms with Crippen molar-refractivity contribution in [2.24, 2.45) is 0 Å². The van der Waals surface area contributed by atoms with E-state index >= 15 is 0 Å². The third kappa shape index (κ3) is 3.98. The summed E-state index contributed by atoms with van der Waals surface area (Å²) in [6.07, 6.45) is 4.42. The van der Waals surface area contributed by atoms with E-state index in [1.165, 1.54) is 30.5 Å². The summed E-state index contributed by atoms with van der Waals surface area (Å²) in [5.74, 6) is 0. The van der Waals surface area contributed by atoms with Crippen LogP contribution in [0.25, 0.3) is 0 Å². The standard InChI is InChI=1S/C26H29NO/c1-21-9-8-10-22(19-21)20-26(28,23-11-4-2-5-12-23)24-13-15-25(16-14-24)27-17-6-3-7-18-27/h2,4-5,8-16,19,28H,3,6-7,17-18,20H2,1H3. The quantitative estimate of drug-likeness (QED) is 0.643. The van der Waals surface area contributed by atoms with Crippen LogP contribution in [0.1, 0.15) is 41.5 Å². The molecule has 2 nitrogen and oxygen atoms in total. The molecule has 2 heteroatoms. The molecule has 4 rings (SSSR count). The van der Waals surface area contributed by atoms with E-state index in [0.29, 0.717) is 6.42 Å². The third-order valence-corrected chi connectivity index (χ3v) is 5.86. The highest BCUT2D eigenvalue weighted by Gasteiger charge is 2.32. The van der Waals surface area contributed by atoms with Gasteiger partial charge in [0.2, 0.25) is 0 Å². The predicted molar refractivity (Wildman–Crippen MR) is 117 cm³/mol. The molecule has 0 saturated carbocycles. The summed E-state index contributed by atoms with van der Waals surface area (Å²) in [6.45, 7) is 4.36. The lowest BCUT2D eigenvalue weighted by Gasteiger charge is -2.32. The number of rotatable bonds is 5. The topological polar surface area (TPSA) is 23.5 Å². The Kier molecular flexibility index (Phi) is 5.50. The molecule has 1 saturated heterocycles. The fraction of sp³-hybridized carbons (Fsp3) is 0.308. The Morgan fingerprint density at radius 2 is 1.46 bits per heavy atom. The Bertz CT molecular complexity index is 897. The summed E-state index contributed by atoms with van der Waals surface area (Å²) < 4.78 is 0. The molecular formula is C26H29NO. The molecule has 0 bridgehead atoms. The Labute approximate surface area is 168 Å². The zero-order chi connectivity index (χ0) is 19.4. The number of benzene rings is 3. The van der Waals surface area contributed by atoms with E-state index in [1.807, 2.05) is 30.3 Å². The number of piperidine rings is 1. The second-order valence-electron chi connectivity index (χ2n) is 7.99. The number of anilines is 1. The molecule has 3 aromatic rings. The first-order valence-electron chi connectivity index (χ1n) is 10.3. The summed E-state index contributed by atoms with van der Waals surface area (Å²) in [5, 5.41) is 11.9. The van der Waals surface area contributed by atoms with Crippen molar-refractivity contribution in [3.8, 4) is 0 Å². The van der Waals surface area contributed by atoms with E-state index in [0.717, 1.165) is 29.8 Å². The molecule has 1 N–H and O–H groups in total. The monoisotopic (exact) mass is 371 g/mol. The Morgan fingerprint density at radius 3 is 2.14 bits per heavy atom. The van der Waals surface area contributed by atoms with Crippen LogP contribution in [0.5, 0.6) is 0 Å². The number of aliphatic hydroxyl groups is 1. The van der Waals surface area contributed by atoms with Crippen LogP contribution in [0.4, 0.5) is 5.69 Å². The third-order valence-electron chi connectivity index (χ3n) is 5.86. The summed E-state index contributed by atoms with van der Waals surface area (Å²) >= 11 is 0. The van der Waals surface area contributed by atoms with Gasteiger partial charge >= 0.3 is 0 Å². The van der Waals surface area contributed by atoms with E-state index < -0.39 is 5.60 Å². The van der Waals surface area contributed by atoms with Crippen molar-refractivity contribution >= 4 is 5.69 Å². The smallest absolute Gasteiger partial charge is 0.119 e. The fourth-order valence-electron chi connectivity index (χ4n) is 4.30. The van der Waals surface area contributed by atoms with E-state index in [-0.39, 0.29) is 0 Å². The van der Waals surface area contributed by atoms with Crippen molar-refractivity contribution < 1.29 is 5.11 Å². The molecule has 1 atom stereocenters. The molecule has 0 aromatic heterocycles. The van der Waals surface area contributed by atoms with E-state index in [1.54, 1.807) is 0 Å². The predicted octanol–water partition coefficient (Wildman–Crippen LogP) is 5.46. The number of aryl methyl sites for hydroxylation is 1. The highest BCUT2D eigenvalue weighted by molar-refractivity contribution is 5.50. The van der Waals surface area contributed by atoms with Crippen LogP contribution in [-0.2, 0) is 12.0 Å². The normalized spacial score (nSPS) is 16.6. The van der Waals surface area contributed by atoms with E-state index in [4.69, 9.17) is 0 Å². The fourth-order valence-corrected chi connectivity index (χ4v) is 4.30. The second-order valence-corrected chi connectivity index (χ2v) is 7.99. The molecule has 3 aromatic carbocycles. The minimum absolute atomic E-state index is 0.557. The van der Waals surface area contributed by atoms with Gasteiger partial charge in [0.15, 0.2) is 0 Å². The maximum atomic E-state index is 11.9. The van der Waals surface area contributed by atoms with Crippen LogP contribution in [0.2, 0.25) is 0 Å². The Hall–Kier alpha value is -2.58. The summed E-state index contributed by atoms with van der Waals surface area (Å²) in [6, 6.07) is 27.0. The molecule has 144 valence electrons. The summed E-state index contributed by atoms with van der Waals surface area (Å²) in [7, 11) is 0. The van der Waals surface area contributed by atoms with Crippen molar-refractivity contribution in [2.75, 3.05) is 18.0 Å². The van der Waals surface area contributed by atoms with Crippen LogP contribution in [0, 0.1) is 6.92 Å². The molecule has 28 heavy (non-hydrogen) atoms. The number of hydrogen-bond donors (Lipinski definition) is 1. The zero-order valence-corrected chi connectivity index (χ0v) is 16.6. The van der Waals surface area contributed by atoms with Crippen LogP contribution in [0.15, 0.2) is 78.9 Å². The van der Waals surface area contributed by atoms with Gasteiger partial charge in [-0.1, -0.05) is 72.3 Å². The maximum absolute atomic E-state index is 11.9. The van der Waals surface area contributed by atoms with Gasteiger partial charge in [-0.15, -0.1) is 0 Å². The van der Waals surface area contributed by atoms with Crippen LogP contribution >= 0.6 is 0 Å². The van der Waals surface area contributed by atoms with Gasteiger partial charge < -0.3 is 10.0 Å². The molecular weight excluding hydrogens is 342 g/mol. The molecule has 1 fully saturated rings. The van der Waals surface area contributed by atoms with Gasteiger partial charge in [-0.2, -0.15) is 0 Å². The molecule has 0 spiro atoms. The number of nitrogens with zero attached hydrogens (tertiary/aromatic N) is 1.